The number of nitrogens with one attached hydrogen (secondary N) is 2. The Labute approximate surface area is 180 Å². The number of carboxylic acids is 1. The number of hydrogen-bond donors (Lipinski definition) is 3. The van der Waals surface area contributed by atoms with E-state index in [1.807, 2.05) is 31.2 Å². The van der Waals surface area contributed by atoms with E-state index in [1.165, 1.54) is 12.1 Å². The van der Waals surface area contributed by atoms with Crippen LogP contribution in [0.1, 0.15) is 35.5 Å². The van der Waals surface area contributed by atoms with Crippen molar-refractivity contribution in [3.63, 3.8) is 0 Å². The molecule has 2 aromatic carbocycles. The molecular weight excluding hydrogens is 411 g/mol. The molecule has 0 unspecified atom stereocenters. The molecule has 3 rings (SSSR count). The van der Waals surface area contributed by atoms with Gasteiger partial charge in [0, 0.05) is 11.3 Å². The van der Waals surface area contributed by atoms with Gasteiger partial charge < -0.3 is 15.7 Å². The number of carboxylic acid groups (broad SMARTS) is 1. The number of aromatic nitrogens is 2. The van der Waals surface area contributed by atoms with Crippen molar-refractivity contribution >= 4 is 53.1 Å². The summed E-state index contributed by atoms with van der Waals surface area (Å²) in [7, 11) is 0. The van der Waals surface area contributed by atoms with E-state index in [1.54, 1.807) is 12.1 Å². The minimum absolute atomic E-state index is 0. The highest BCUT2D eigenvalue weighted by Crippen LogP contribution is 2.29. The van der Waals surface area contributed by atoms with Crippen LogP contribution < -0.4 is 10.6 Å². The number of carbonyl (C=O) groups is 1. The zero-order valence-corrected chi connectivity index (χ0v) is 17.6. The average Bonchev–Trinajstić information content (AvgIpc) is 2.69. The maximum atomic E-state index is 11.0. The molecule has 0 atom stereocenters. The van der Waals surface area contributed by atoms with Gasteiger partial charge in [0.05, 0.1) is 22.0 Å². The van der Waals surface area contributed by atoms with Gasteiger partial charge >= 0.3 is 5.97 Å². The second-order valence-electron chi connectivity index (χ2n) is 6.14. The summed E-state index contributed by atoms with van der Waals surface area (Å²) in [6, 6.07) is 13.9. The van der Waals surface area contributed by atoms with Crippen LogP contribution in [-0.2, 0) is 12.8 Å². The molecule has 0 spiro atoms. The predicted molar refractivity (Wildman–Crippen MR) is 119 cm³/mol. The SMILES string of the molecule is CCc1nc(Nc2ccc(C(=O)O)cc2)nc(Nc2ccccc2Cl)c1CC.Cl. The zero-order chi connectivity index (χ0) is 20.1. The Morgan fingerprint density at radius 1 is 1.00 bits per heavy atom. The summed E-state index contributed by atoms with van der Waals surface area (Å²) in [5.41, 5.74) is 3.69. The van der Waals surface area contributed by atoms with Crippen molar-refractivity contribution in [2.75, 3.05) is 10.6 Å². The van der Waals surface area contributed by atoms with E-state index in [0.717, 1.165) is 29.8 Å². The van der Waals surface area contributed by atoms with Gasteiger partial charge in [-0.15, -0.1) is 12.4 Å². The van der Waals surface area contributed by atoms with Gasteiger partial charge in [-0.1, -0.05) is 37.6 Å². The molecule has 152 valence electrons. The normalized spacial score (nSPS) is 10.2. The molecule has 3 aromatic rings. The van der Waals surface area contributed by atoms with Crippen molar-refractivity contribution in [1.82, 2.24) is 9.97 Å². The van der Waals surface area contributed by atoms with Crippen LogP contribution in [0.15, 0.2) is 48.5 Å². The van der Waals surface area contributed by atoms with Crippen LogP contribution in [0.4, 0.5) is 23.1 Å². The number of benzene rings is 2. The minimum atomic E-state index is -0.963. The summed E-state index contributed by atoms with van der Waals surface area (Å²) in [4.78, 5) is 20.3. The van der Waals surface area contributed by atoms with Crippen molar-refractivity contribution in [3.05, 3.63) is 70.4 Å². The van der Waals surface area contributed by atoms with Crippen molar-refractivity contribution in [2.45, 2.75) is 26.7 Å². The molecule has 0 saturated heterocycles. The number of aryl methyl sites for hydroxylation is 1. The van der Waals surface area contributed by atoms with E-state index in [0.29, 0.717) is 22.5 Å². The third-order valence-electron chi connectivity index (χ3n) is 4.30. The van der Waals surface area contributed by atoms with E-state index in [-0.39, 0.29) is 18.0 Å². The van der Waals surface area contributed by atoms with Gasteiger partial charge in [-0.25, -0.2) is 9.78 Å². The zero-order valence-electron chi connectivity index (χ0n) is 16.1. The molecule has 0 bridgehead atoms. The summed E-state index contributed by atoms with van der Waals surface area (Å²) in [5, 5.41) is 16.1. The van der Waals surface area contributed by atoms with Gasteiger partial charge in [0.1, 0.15) is 5.82 Å². The maximum absolute atomic E-state index is 11.0. The summed E-state index contributed by atoms with van der Waals surface area (Å²) in [6.07, 6.45) is 1.54. The highest BCUT2D eigenvalue weighted by atomic mass is 35.5. The molecular formula is C21H22Cl2N4O2. The third-order valence-corrected chi connectivity index (χ3v) is 4.63. The van der Waals surface area contributed by atoms with Crippen LogP contribution in [0.25, 0.3) is 0 Å². The molecule has 1 aromatic heterocycles. The standard InChI is InChI=1S/C21H21ClN4O2.ClH/c1-3-15-17(4-2)25-21(23-14-11-9-13(10-12-14)20(27)28)26-19(15)24-18-8-6-5-7-16(18)22;/h5-12H,3-4H2,1-2H3,(H,27,28)(H2,23,24,25,26);1H. The molecule has 6 nitrogen and oxygen atoms in total. The lowest BCUT2D eigenvalue weighted by atomic mass is 10.1. The van der Waals surface area contributed by atoms with Gasteiger partial charge in [-0.05, 0) is 49.2 Å². The lowest BCUT2D eigenvalue weighted by Crippen LogP contribution is -2.09. The molecule has 8 heteroatoms. The topological polar surface area (TPSA) is 87.1 Å². The molecule has 0 aliphatic carbocycles. The van der Waals surface area contributed by atoms with Crippen LogP contribution >= 0.6 is 24.0 Å². The maximum Gasteiger partial charge on any atom is 0.335 e. The number of anilines is 4. The van der Waals surface area contributed by atoms with Crippen molar-refractivity contribution in [1.29, 1.82) is 0 Å². The minimum Gasteiger partial charge on any atom is -0.478 e. The van der Waals surface area contributed by atoms with Crippen LogP contribution in [0.2, 0.25) is 5.02 Å². The van der Waals surface area contributed by atoms with Crippen molar-refractivity contribution in [3.8, 4) is 0 Å². The fourth-order valence-electron chi connectivity index (χ4n) is 2.87. The summed E-state index contributed by atoms with van der Waals surface area (Å²) >= 11 is 6.28. The number of rotatable bonds is 7. The van der Waals surface area contributed by atoms with E-state index < -0.39 is 5.97 Å². The summed E-state index contributed by atoms with van der Waals surface area (Å²) in [5.74, 6) is 0.174. The Morgan fingerprint density at radius 3 is 2.28 bits per heavy atom. The number of nitrogens with zero attached hydrogens (tertiary/aromatic N) is 2. The number of para-hydroxylation sites is 1. The lowest BCUT2D eigenvalue weighted by molar-refractivity contribution is 0.0697. The summed E-state index contributed by atoms with van der Waals surface area (Å²) in [6.45, 7) is 4.11. The Bertz CT molecular complexity index is 994. The first-order valence-electron chi connectivity index (χ1n) is 9.03. The second-order valence-corrected chi connectivity index (χ2v) is 6.55. The average molecular weight is 433 g/mol. The molecule has 0 fully saturated rings. The highest BCUT2D eigenvalue weighted by Gasteiger charge is 2.14. The van der Waals surface area contributed by atoms with Crippen LogP contribution in [-0.4, -0.2) is 21.0 Å². The highest BCUT2D eigenvalue weighted by molar-refractivity contribution is 6.33. The number of hydrogen-bond acceptors (Lipinski definition) is 5. The molecule has 1 heterocycles. The second kappa shape index (κ2) is 10.1. The van der Waals surface area contributed by atoms with Crippen molar-refractivity contribution < 1.29 is 9.90 Å². The van der Waals surface area contributed by atoms with Gasteiger partial charge in [0.15, 0.2) is 0 Å². The molecule has 0 aliphatic rings. The fraction of sp³-hybridized carbons (Fsp3) is 0.190. The van der Waals surface area contributed by atoms with E-state index in [4.69, 9.17) is 16.7 Å². The van der Waals surface area contributed by atoms with Crippen LogP contribution in [0.3, 0.4) is 0 Å². The molecule has 0 radical (unpaired) electrons. The first-order valence-corrected chi connectivity index (χ1v) is 9.41. The number of halogens is 2. The lowest BCUT2D eigenvalue weighted by Gasteiger charge is -2.16. The largest absolute Gasteiger partial charge is 0.478 e. The molecule has 29 heavy (non-hydrogen) atoms. The quantitative estimate of drug-likeness (QED) is 0.433. The molecule has 0 saturated carbocycles. The fourth-order valence-corrected chi connectivity index (χ4v) is 3.05. The first kappa shape index (κ1) is 22.5. The number of aromatic carboxylic acids is 1. The van der Waals surface area contributed by atoms with Gasteiger partial charge in [-0.3, -0.25) is 0 Å². The third kappa shape index (κ3) is 5.37. The van der Waals surface area contributed by atoms with Gasteiger partial charge in [0.25, 0.3) is 0 Å². The van der Waals surface area contributed by atoms with E-state index >= 15 is 0 Å². The molecule has 3 N–H and O–H groups in total. The first-order chi connectivity index (χ1) is 13.5. The van der Waals surface area contributed by atoms with Crippen LogP contribution in [0, 0.1) is 0 Å². The van der Waals surface area contributed by atoms with Gasteiger partial charge in [-0.2, -0.15) is 4.98 Å². The summed E-state index contributed by atoms with van der Waals surface area (Å²) < 4.78 is 0. The van der Waals surface area contributed by atoms with E-state index in [2.05, 4.69) is 27.5 Å². The van der Waals surface area contributed by atoms with Crippen molar-refractivity contribution in [2.24, 2.45) is 0 Å². The van der Waals surface area contributed by atoms with E-state index in [9.17, 15) is 4.79 Å². The monoisotopic (exact) mass is 432 g/mol. The Morgan fingerprint density at radius 2 is 1.69 bits per heavy atom. The van der Waals surface area contributed by atoms with Gasteiger partial charge in [0.2, 0.25) is 5.95 Å². The van der Waals surface area contributed by atoms with Crippen LogP contribution in [0.5, 0.6) is 0 Å². The predicted octanol–water partition coefficient (Wildman–Crippen LogP) is 5.86. The smallest absolute Gasteiger partial charge is 0.335 e. The Hall–Kier alpha value is -2.83. The Kier molecular flexibility index (Phi) is 7.82. The molecule has 0 amide bonds. The molecule has 0 aliphatic heterocycles. The Balaban J connectivity index is 0.00000300.